The second-order valence-corrected chi connectivity index (χ2v) is 6.86. The normalized spacial score (nSPS) is 30.0. The Bertz CT molecular complexity index is 380. The zero-order chi connectivity index (χ0) is 15.3. The van der Waals surface area contributed by atoms with Crippen molar-refractivity contribution in [2.45, 2.75) is 70.8 Å². The van der Waals surface area contributed by atoms with Crippen LogP contribution >= 0.6 is 0 Å². The summed E-state index contributed by atoms with van der Waals surface area (Å²) in [6, 6.07) is -0.477. The Morgan fingerprint density at radius 1 is 1.14 bits per heavy atom. The molecular formula is C16H28N2O3. The summed E-state index contributed by atoms with van der Waals surface area (Å²) in [6.07, 6.45) is 9.82. The van der Waals surface area contributed by atoms with Crippen LogP contribution in [0.1, 0.15) is 64.7 Å². The van der Waals surface area contributed by atoms with Crippen molar-refractivity contribution in [3.8, 4) is 0 Å². The molecule has 2 atom stereocenters. The monoisotopic (exact) mass is 296 g/mol. The van der Waals surface area contributed by atoms with Crippen LogP contribution in [0, 0.1) is 11.3 Å². The molecular weight excluding hydrogens is 268 g/mol. The van der Waals surface area contributed by atoms with Crippen molar-refractivity contribution in [2.75, 3.05) is 6.54 Å². The maximum absolute atomic E-state index is 11.9. The van der Waals surface area contributed by atoms with E-state index in [2.05, 4.69) is 10.6 Å². The average molecular weight is 296 g/mol. The molecule has 0 spiro atoms. The number of aliphatic carboxylic acids is 1. The highest BCUT2D eigenvalue weighted by Crippen LogP contribution is 2.38. The summed E-state index contributed by atoms with van der Waals surface area (Å²) in [4.78, 5) is 23.3. The van der Waals surface area contributed by atoms with E-state index in [1.807, 2.05) is 0 Å². The molecule has 0 aromatic carbocycles. The maximum atomic E-state index is 11.9. The van der Waals surface area contributed by atoms with Gasteiger partial charge in [0.2, 0.25) is 0 Å². The van der Waals surface area contributed by atoms with Crippen molar-refractivity contribution in [1.29, 1.82) is 0 Å². The molecule has 120 valence electrons. The first-order chi connectivity index (χ1) is 10.0. The largest absolute Gasteiger partial charge is 0.481 e. The lowest BCUT2D eigenvalue weighted by Gasteiger charge is -2.28. The highest BCUT2D eigenvalue weighted by molar-refractivity contribution is 5.79. The first kappa shape index (κ1) is 16.1. The van der Waals surface area contributed by atoms with Crippen molar-refractivity contribution in [2.24, 2.45) is 11.3 Å². The summed E-state index contributed by atoms with van der Waals surface area (Å²) in [5.74, 6) is -0.0673. The molecule has 2 rings (SSSR count). The van der Waals surface area contributed by atoms with E-state index in [1.165, 1.54) is 32.1 Å². The lowest BCUT2D eigenvalue weighted by Crippen LogP contribution is -2.50. The number of hydrogen-bond acceptors (Lipinski definition) is 2. The smallest absolute Gasteiger partial charge is 0.315 e. The van der Waals surface area contributed by atoms with Gasteiger partial charge in [-0.05, 0) is 32.1 Å². The van der Waals surface area contributed by atoms with E-state index < -0.39 is 11.4 Å². The minimum Gasteiger partial charge on any atom is -0.481 e. The van der Waals surface area contributed by atoms with Gasteiger partial charge in [0.25, 0.3) is 0 Å². The van der Waals surface area contributed by atoms with E-state index in [9.17, 15) is 14.7 Å². The van der Waals surface area contributed by atoms with Gasteiger partial charge in [0, 0.05) is 12.6 Å². The zero-order valence-electron chi connectivity index (χ0n) is 13.0. The van der Waals surface area contributed by atoms with Crippen LogP contribution in [0.2, 0.25) is 0 Å². The van der Waals surface area contributed by atoms with Gasteiger partial charge in [-0.3, -0.25) is 4.79 Å². The van der Waals surface area contributed by atoms with E-state index in [-0.39, 0.29) is 12.1 Å². The van der Waals surface area contributed by atoms with E-state index in [1.54, 1.807) is 6.92 Å². The maximum Gasteiger partial charge on any atom is 0.315 e. The van der Waals surface area contributed by atoms with Gasteiger partial charge >= 0.3 is 12.0 Å². The molecule has 0 radical (unpaired) electrons. The SMILES string of the molecule is CC1(C(=O)O)CCCC1NC(=O)NCCC1CCCCC1. The van der Waals surface area contributed by atoms with Crippen LogP contribution in [0.15, 0.2) is 0 Å². The molecule has 2 saturated carbocycles. The minimum absolute atomic E-state index is 0.217. The lowest BCUT2D eigenvalue weighted by molar-refractivity contribution is -0.148. The summed E-state index contributed by atoms with van der Waals surface area (Å²) in [6.45, 7) is 2.42. The fourth-order valence-corrected chi connectivity index (χ4v) is 3.73. The minimum atomic E-state index is -0.819. The van der Waals surface area contributed by atoms with Gasteiger partial charge in [0.15, 0.2) is 0 Å². The van der Waals surface area contributed by atoms with Gasteiger partial charge in [-0.1, -0.05) is 38.5 Å². The van der Waals surface area contributed by atoms with E-state index in [0.29, 0.717) is 13.0 Å². The van der Waals surface area contributed by atoms with Gasteiger partial charge < -0.3 is 15.7 Å². The Morgan fingerprint density at radius 2 is 1.86 bits per heavy atom. The molecule has 3 N–H and O–H groups in total. The molecule has 0 saturated heterocycles. The molecule has 0 aliphatic heterocycles. The first-order valence-electron chi connectivity index (χ1n) is 8.30. The number of nitrogens with one attached hydrogen (secondary N) is 2. The number of carbonyl (C=O) groups is 2. The van der Waals surface area contributed by atoms with E-state index in [4.69, 9.17) is 0 Å². The van der Waals surface area contributed by atoms with Crippen molar-refractivity contribution in [1.82, 2.24) is 10.6 Å². The highest BCUT2D eigenvalue weighted by atomic mass is 16.4. The fraction of sp³-hybridized carbons (Fsp3) is 0.875. The lowest BCUT2D eigenvalue weighted by atomic mass is 9.85. The van der Waals surface area contributed by atoms with Crippen LogP contribution < -0.4 is 10.6 Å². The van der Waals surface area contributed by atoms with Crippen LogP contribution in [0.25, 0.3) is 0 Å². The molecule has 0 aromatic heterocycles. The third kappa shape index (κ3) is 4.11. The average Bonchev–Trinajstić information content (AvgIpc) is 2.83. The Labute approximate surface area is 126 Å². The molecule has 5 heteroatoms. The summed E-state index contributed by atoms with van der Waals surface area (Å²) in [5.41, 5.74) is -0.819. The third-order valence-corrected chi connectivity index (χ3v) is 5.31. The zero-order valence-corrected chi connectivity index (χ0v) is 13.0. The molecule has 5 nitrogen and oxygen atoms in total. The first-order valence-corrected chi connectivity index (χ1v) is 8.30. The molecule has 0 aromatic rings. The van der Waals surface area contributed by atoms with Crippen LogP contribution in [0.3, 0.4) is 0 Å². The number of hydrogen-bond donors (Lipinski definition) is 3. The Kier molecular flexibility index (Phi) is 5.48. The topological polar surface area (TPSA) is 78.4 Å². The molecule has 2 aliphatic carbocycles. The molecule has 0 heterocycles. The second kappa shape index (κ2) is 7.14. The van der Waals surface area contributed by atoms with Gasteiger partial charge in [0.05, 0.1) is 5.41 Å². The van der Waals surface area contributed by atoms with Crippen molar-refractivity contribution in [3.63, 3.8) is 0 Å². The molecule has 2 fully saturated rings. The summed E-state index contributed by atoms with van der Waals surface area (Å²) < 4.78 is 0. The Morgan fingerprint density at radius 3 is 2.52 bits per heavy atom. The Hall–Kier alpha value is -1.26. The molecule has 0 bridgehead atoms. The number of urea groups is 1. The molecule has 21 heavy (non-hydrogen) atoms. The number of carbonyl (C=O) groups excluding carboxylic acids is 1. The number of carboxylic acids is 1. The number of amides is 2. The Balaban J connectivity index is 1.70. The van der Waals surface area contributed by atoms with E-state index >= 15 is 0 Å². The van der Waals surface area contributed by atoms with Crippen LogP contribution in [-0.4, -0.2) is 29.7 Å². The van der Waals surface area contributed by atoms with Crippen molar-refractivity contribution < 1.29 is 14.7 Å². The fourth-order valence-electron chi connectivity index (χ4n) is 3.73. The quantitative estimate of drug-likeness (QED) is 0.730. The van der Waals surface area contributed by atoms with Crippen molar-refractivity contribution >= 4 is 12.0 Å². The van der Waals surface area contributed by atoms with Crippen LogP contribution in [-0.2, 0) is 4.79 Å². The van der Waals surface area contributed by atoms with Crippen LogP contribution in [0.4, 0.5) is 4.79 Å². The number of rotatable bonds is 5. The summed E-state index contributed by atoms with van der Waals surface area (Å²) in [5, 5.41) is 15.1. The third-order valence-electron chi connectivity index (χ3n) is 5.31. The van der Waals surface area contributed by atoms with Crippen LogP contribution in [0.5, 0.6) is 0 Å². The standard InChI is InChI=1S/C16H28N2O3/c1-16(14(19)20)10-5-8-13(16)18-15(21)17-11-9-12-6-3-2-4-7-12/h12-13H,2-11H2,1H3,(H,19,20)(H2,17,18,21). The molecule has 2 unspecified atom stereocenters. The molecule has 2 aliphatic rings. The highest BCUT2D eigenvalue weighted by Gasteiger charge is 2.45. The van der Waals surface area contributed by atoms with Gasteiger partial charge in [-0.2, -0.15) is 0 Å². The molecule has 2 amide bonds. The predicted molar refractivity (Wildman–Crippen MR) is 81.1 cm³/mol. The van der Waals surface area contributed by atoms with Gasteiger partial charge in [0.1, 0.15) is 0 Å². The predicted octanol–water partition coefficient (Wildman–Crippen LogP) is 2.90. The van der Waals surface area contributed by atoms with Gasteiger partial charge in [-0.15, -0.1) is 0 Å². The number of carboxylic acid groups (broad SMARTS) is 1. The summed E-state index contributed by atoms with van der Waals surface area (Å²) in [7, 11) is 0. The summed E-state index contributed by atoms with van der Waals surface area (Å²) >= 11 is 0. The van der Waals surface area contributed by atoms with Gasteiger partial charge in [-0.25, -0.2) is 4.79 Å². The van der Waals surface area contributed by atoms with Crippen molar-refractivity contribution in [3.05, 3.63) is 0 Å². The second-order valence-electron chi connectivity index (χ2n) is 6.86. The van der Waals surface area contributed by atoms with E-state index in [0.717, 1.165) is 25.2 Å².